The molecular formula is C24H26N6O3. The van der Waals surface area contributed by atoms with E-state index in [-0.39, 0.29) is 18.4 Å². The highest BCUT2D eigenvalue weighted by molar-refractivity contribution is 6.04. The van der Waals surface area contributed by atoms with Crippen molar-refractivity contribution in [3.05, 3.63) is 65.5 Å². The predicted octanol–water partition coefficient (Wildman–Crippen LogP) is 2.18. The zero-order valence-electron chi connectivity index (χ0n) is 19.0. The molecule has 0 atom stereocenters. The molecule has 0 spiro atoms. The molecule has 9 nitrogen and oxygen atoms in total. The average Bonchev–Trinajstić information content (AvgIpc) is 3.07. The highest BCUT2D eigenvalue weighted by atomic mass is 16.2. The van der Waals surface area contributed by atoms with Crippen LogP contribution in [0.15, 0.2) is 59.9 Å². The molecule has 0 aromatic heterocycles. The zero-order valence-corrected chi connectivity index (χ0v) is 19.0. The van der Waals surface area contributed by atoms with Crippen LogP contribution in [0.1, 0.15) is 23.2 Å². The van der Waals surface area contributed by atoms with Crippen molar-refractivity contribution < 1.29 is 14.4 Å². The molecular weight excluding hydrogens is 420 g/mol. The maximum atomic E-state index is 12.8. The lowest BCUT2D eigenvalue weighted by atomic mass is 10.1. The van der Waals surface area contributed by atoms with Gasteiger partial charge in [0.15, 0.2) is 5.78 Å². The highest BCUT2D eigenvalue weighted by Gasteiger charge is 2.31. The third kappa shape index (κ3) is 4.96. The van der Waals surface area contributed by atoms with Crippen LogP contribution in [0.4, 0.5) is 17.1 Å². The van der Waals surface area contributed by atoms with Gasteiger partial charge in [-0.25, -0.2) is 0 Å². The number of anilines is 3. The van der Waals surface area contributed by atoms with E-state index in [1.165, 1.54) is 0 Å². The summed E-state index contributed by atoms with van der Waals surface area (Å²) in [5, 5.41) is 9.66. The van der Waals surface area contributed by atoms with Gasteiger partial charge >= 0.3 is 0 Å². The second-order valence-electron chi connectivity index (χ2n) is 7.79. The van der Waals surface area contributed by atoms with Crippen LogP contribution < -0.4 is 25.6 Å². The Balaban J connectivity index is 1.59. The molecule has 2 aromatic rings. The van der Waals surface area contributed by atoms with Gasteiger partial charge < -0.3 is 14.7 Å². The molecule has 0 unspecified atom stereocenters. The largest absolute Gasteiger partial charge is 0.378 e. The van der Waals surface area contributed by atoms with E-state index >= 15 is 0 Å². The standard InChI is InChI=1S/C24H26N6O3/c1-28(2)17-9-7-8-16(14-17)23(33)27-26-22(32)13-12-21(31)18(15-25)24-29(3)19-10-5-6-11-20(19)30(24)4/h5-11,14H,12-13H2,1-4H3,(H,26,32)(H,27,33). The minimum absolute atomic E-state index is 0.0199. The molecule has 1 aliphatic rings. The SMILES string of the molecule is CN(C)c1cccc(C(=O)NNC(=O)CCC(=O)C(C#N)=C2N(C)c3ccccc3N2C)c1. The van der Waals surface area contributed by atoms with Gasteiger partial charge in [-0.15, -0.1) is 0 Å². The Hall–Kier alpha value is -4.32. The first-order valence-electron chi connectivity index (χ1n) is 10.3. The van der Waals surface area contributed by atoms with Crippen molar-refractivity contribution in [3.63, 3.8) is 0 Å². The Kier molecular flexibility index (Phi) is 6.98. The first-order chi connectivity index (χ1) is 15.7. The lowest BCUT2D eigenvalue weighted by Gasteiger charge is -2.19. The number of rotatable bonds is 6. The number of nitrogens with zero attached hydrogens (tertiary/aromatic N) is 4. The molecule has 2 amide bonds. The fourth-order valence-corrected chi connectivity index (χ4v) is 3.60. The van der Waals surface area contributed by atoms with Gasteiger partial charge in [0.25, 0.3) is 5.91 Å². The maximum Gasteiger partial charge on any atom is 0.269 e. The minimum Gasteiger partial charge on any atom is -0.378 e. The second-order valence-corrected chi connectivity index (χ2v) is 7.79. The van der Waals surface area contributed by atoms with E-state index in [2.05, 4.69) is 10.9 Å². The van der Waals surface area contributed by atoms with E-state index in [9.17, 15) is 19.6 Å². The summed E-state index contributed by atoms with van der Waals surface area (Å²) < 4.78 is 0. The lowest BCUT2D eigenvalue weighted by Crippen LogP contribution is -2.41. The number of para-hydroxylation sites is 2. The number of carbonyl (C=O) groups excluding carboxylic acids is 3. The average molecular weight is 447 g/mol. The molecule has 0 aliphatic carbocycles. The highest BCUT2D eigenvalue weighted by Crippen LogP contribution is 2.40. The second kappa shape index (κ2) is 9.87. The van der Waals surface area contributed by atoms with Crippen molar-refractivity contribution in [1.29, 1.82) is 5.26 Å². The Labute approximate surface area is 192 Å². The van der Waals surface area contributed by atoms with E-state index in [1.54, 1.807) is 42.1 Å². The van der Waals surface area contributed by atoms with E-state index in [0.717, 1.165) is 17.1 Å². The number of amides is 2. The van der Waals surface area contributed by atoms with Crippen LogP contribution in [-0.4, -0.2) is 45.8 Å². The summed E-state index contributed by atoms with van der Waals surface area (Å²) in [4.78, 5) is 42.7. The molecule has 9 heteroatoms. The van der Waals surface area contributed by atoms with Crippen molar-refractivity contribution >= 4 is 34.7 Å². The van der Waals surface area contributed by atoms with Crippen molar-refractivity contribution in [2.45, 2.75) is 12.8 Å². The molecule has 0 bridgehead atoms. The van der Waals surface area contributed by atoms with Crippen molar-refractivity contribution in [2.24, 2.45) is 0 Å². The van der Waals surface area contributed by atoms with Gasteiger partial charge in [0.05, 0.1) is 11.4 Å². The van der Waals surface area contributed by atoms with Crippen LogP contribution in [0, 0.1) is 11.3 Å². The predicted molar refractivity (Wildman–Crippen MR) is 127 cm³/mol. The Morgan fingerprint density at radius 2 is 1.58 bits per heavy atom. The van der Waals surface area contributed by atoms with Crippen LogP contribution in [0.5, 0.6) is 0 Å². The molecule has 2 aromatic carbocycles. The molecule has 0 saturated carbocycles. The molecule has 1 heterocycles. The monoisotopic (exact) mass is 446 g/mol. The normalized spacial score (nSPS) is 12.0. The quantitative estimate of drug-likeness (QED) is 0.398. The molecule has 0 radical (unpaired) electrons. The van der Waals surface area contributed by atoms with Crippen LogP contribution in [0.25, 0.3) is 0 Å². The number of hydrazine groups is 1. The third-order valence-corrected chi connectivity index (χ3v) is 5.37. The van der Waals surface area contributed by atoms with E-state index in [4.69, 9.17) is 0 Å². The zero-order chi connectivity index (χ0) is 24.1. The van der Waals surface area contributed by atoms with Gasteiger partial charge in [0, 0.05) is 52.3 Å². The molecule has 33 heavy (non-hydrogen) atoms. The number of ketones is 1. The van der Waals surface area contributed by atoms with Gasteiger partial charge in [-0.1, -0.05) is 18.2 Å². The van der Waals surface area contributed by atoms with Crippen molar-refractivity contribution in [3.8, 4) is 6.07 Å². The number of nitrogens with one attached hydrogen (secondary N) is 2. The maximum absolute atomic E-state index is 12.8. The number of fused-ring (bicyclic) bond motifs is 1. The minimum atomic E-state index is -0.529. The van der Waals surface area contributed by atoms with E-state index in [1.807, 2.05) is 55.4 Å². The first kappa shape index (κ1) is 23.3. The number of Topliss-reactive ketones (excluding diaryl/α,β-unsaturated/α-hetero) is 1. The van der Waals surface area contributed by atoms with Crippen molar-refractivity contribution in [2.75, 3.05) is 42.9 Å². The van der Waals surface area contributed by atoms with Crippen molar-refractivity contribution in [1.82, 2.24) is 10.9 Å². The summed E-state index contributed by atoms with van der Waals surface area (Å²) in [6.07, 6.45) is -0.335. The van der Waals surface area contributed by atoms with Gasteiger partial charge in [-0.3, -0.25) is 25.2 Å². The van der Waals surface area contributed by atoms with Crippen LogP contribution in [-0.2, 0) is 9.59 Å². The van der Waals surface area contributed by atoms with Crippen LogP contribution in [0.3, 0.4) is 0 Å². The number of hydrogen-bond acceptors (Lipinski definition) is 7. The molecule has 0 saturated heterocycles. The topological polar surface area (TPSA) is 109 Å². The molecule has 170 valence electrons. The summed E-state index contributed by atoms with van der Waals surface area (Å²) in [6, 6.07) is 16.5. The van der Waals surface area contributed by atoms with Gasteiger partial charge in [0.2, 0.25) is 5.91 Å². The molecule has 0 fully saturated rings. The van der Waals surface area contributed by atoms with Gasteiger partial charge in [0.1, 0.15) is 17.5 Å². The number of nitriles is 1. The lowest BCUT2D eigenvalue weighted by molar-refractivity contribution is -0.124. The number of hydrogen-bond donors (Lipinski definition) is 2. The summed E-state index contributed by atoms with van der Waals surface area (Å²) in [5.41, 5.74) is 7.66. The van der Waals surface area contributed by atoms with Crippen LogP contribution in [0.2, 0.25) is 0 Å². The van der Waals surface area contributed by atoms with Gasteiger partial charge in [-0.05, 0) is 30.3 Å². The Bertz CT molecular complexity index is 1130. The number of allylic oxidation sites excluding steroid dienone is 1. The summed E-state index contributed by atoms with van der Waals surface area (Å²) in [6.45, 7) is 0. The Morgan fingerprint density at radius 3 is 2.15 bits per heavy atom. The molecule has 1 aliphatic heterocycles. The third-order valence-electron chi connectivity index (χ3n) is 5.37. The Morgan fingerprint density at radius 1 is 0.939 bits per heavy atom. The summed E-state index contributed by atoms with van der Waals surface area (Å²) in [7, 11) is 7.30. The first-order valence-corrected chi connectivity index (χ1v) is 10.3. The fourth-order valence-electron chi connectivity index (χ4n) is 3.60. The molecule has 2 N–H and O–H groups in total. The number of benzene rings is 2. The van der Waals surface area contributed by atoms with Gasteiger partial charge in [-0.2, -0.15) is 5.26 Å². The van der Waals surface area contributed by atoms with E-state index < -0.39 is 17.6 Å². The summed E-state index contributed by atoms with van der Waals surface area (Å²) in [5.74, 6) is -0.971. The summed E-state index contributed by atoms with van der Waals surface area (Å²) >= 11 is 0. The number of carbonyl (C=O) groups is 3. The van der Waals surface area contributed by atoms with E-state index in [0.29, 0.717) is 11.4 Å². The van der Waals surface area contributed by atoms with Crippen LogP contribution >= 0.6 is 0 Å². The fraction of sp³-hybridized carbons (Fsp3) is 0.250. The smallest absolute Gasteiger partial charge is 0.269 e. The molecule has 3 rings (SSSR count).